The molecular weight excluding hydrogens is 322 g/mol. The first-order chi connectivity index (χ1) is 11.8. The van der Waals surface area contributed by atoms with E-state index in [9.17, 15) is 14.7 Å². The average molecular weight is 351 g/mol. The van der Waals surface area contributed by atoms with Crippen molar-refractivity contribution in [1.82, 2.24) is 10.3 Å². The van der Waals surface area contributed by atoms with E-state index < -0.39 is 17.9 Å². The van der Waals surface area contributed by atoms with Gasteiger partial charge in [0.25, 0.3) is 5.91 Å². The van der Waals surface area contributed by atoms with Gasteiger partial charge in [0.15, 0.2) is 17.2 Å². The Morgan fingerprint density at radius 1 is 1.32 bits per heavy atom. The van der Waals surface area contributed by atoms with Gasteiger partial charge in [0.1, 0.15) is 0 Å². The Morgan fingerprint density at radius 2 is 1.96 bits per heavy atom. The van der Waals surface area contributed by atoms with Gasteiger partial charge in [-0.25, -0.2) is 4.98 Å². The minimum atomic E-state index is -0.797. The largest absolute Gasteiger partial charge is 0.503 e. The molecule has 0 bridgehead atoms. The lowest BCUT2D eigenvalue weighted by Crippen LogP contribution is -2.44. The highest BCUT2D eigenvalue weighted by molar-refractivity contribution is 6.06. The molecule has 0 unspecified atom stereocenters. The fourth-order valence-corrected chi connectivity index (χ4v) is 2.33. The molecule has 0 aromatic carbocycles. The van der Waals surface area contributed by atoms with Crippen LogP contribution in [0.25, 0.3) is 0 Å². The zero-order chi connectivity index (χ0) is 19.0. The zero-order valence-electron chi connectivity index (χ0n) is 15.4. The van der Waals surface area contributed by atoms with E-state index in [1.807, 2.05) is 13.8 Å². The van der Waals surface area contributed by atoms with Crippen LogP contribution in [0.2, 0.25) is 0 Å². The molecule has 0 aliphatic carbocycles. The Bertz CT molecular complexity index is 586. The highest BCUT2D eigenvalue weighted by atomic mass is 16.5. The fourth-order valence-electron chi connectivity index (χ4n) is 2.33. The van der Waals surface area contributed by atoms with Gasteiger partial charge in [0.05, 0.1) is 12.6 Å². The first-order valence-electron chi connectivity index (χ1n) is 8.71. The average Bonchev–Trinajstić information content (AvgIpc) is 2.56. The Morgan fingerprint density at radius 3 is 2.52 bits per heavy atom. The SMILES string of the molecule is CCC(CC)COc1ccnc(C(=O)NC(=O)[C@@H](N)CC(C)C)c1O. The van der Waals surface area contributed by atoms with E-state index in [-0.39, 0.29) is 23.1 Å². The summed E-state index contributed by atoms with van der Waals surface area (Å²) < 4.78 is 5.60. The van der Waals surface area contributed by atoms with Crippen LogP contribution in [0.5, 0.6) is 11.5 Å². The van der Waals surface area contributed by atoms with Gasteiger partial charge >= 0.3 is 0 Å². The van der Waals surface area contributed by atoms with E-state index in [4.69, 9.17) is 10.5 Å². The van der Waals surface area contributed by atoms with Crippen LogP contribution in [0.4, 0.5) is 0 Å². The van der Waals surface area contributed by atoms with E-state index in [0.29, 0.717) is 18.9 Å². The monoisotopic (exact) mass is 351 g/mol. The van der Waals surface area contributed by atoms with Crippen molar-refractivity contribution in [3.8, 4) is 11.5 Å². The summed E-state index contributed by atoms with van der Waals surface area (Å²) >= 11 is 0. The van der Waals surface area contributed by atoms with Crippen LogP contribution in [0.3, 0.4) is 0 Å². The number of nitrogens with zero attached hydrogens (tertiary/aromatic N) is 1. The van der Waals surface area contributed by atoms with Gasteiger partial charge in [-0.1, -0.05) is 40.5 Å². The number of hydrogen-bond acceptors (Lipinski definition) is 6. The van der Waals surface area contributed by atoms with Crippen LogP contribution < -0.4 is 15.8 Å². The predicted molar refractivity (Wildman–Crippen MR) is 95.4 cm³/mol. The molecular formula is C18H29N3O4. The number of imide groups is 1. The van der Waals surface area contributed by atoms with E-state index in [1.54, 1.807) is 0 Å². The number of carbonyl (C=O) groups is 2. The molecule has 7 heteroatoms. The minimum Gasteiger partial charge on any atom is -0.503 e. The molecule has 0 aliphatic rings. The summed E-state index contributed by atoms with van der Waals surface area (Å²) in [5.41, 5.74) is 5.49. The van der Waals surface area contributed by atoms with Gasteiger partial charge in [-0.2, -0.15) is 0 Å². The van der Waals surface area contributed by atoms with Crippen LogP contribution >= 0.6 is 0 Å². The molecule has 25 heavy (non-hydrogen) atoms. The Labute approximate surface area is 149 Å². The molecule has 140 valence electrons. The molecule has 1 aromatic heterocycles. The van der Waals surface area contributed by atoms with Gasteiger partial charge in [0, 0.05) is 12.3 Å². The zero-order valence-corrected chi connectivity index (χ0v) is 15.4. The first kappa shape index (κ1) is 20.9. The van der Waals surface area contributed by atoms with Crippen molar-refractivity contribution in [3.05, 3.63) is 18.0 Å². The van der Waals surface area contributed by atoms with Crippen molar-refractivity contribution < 1.29 is 19.4 Å². The minimum absolute atomic E-state index is 0.172. The summed E-state index contributed by atoms with van der Waals surface area (Å²) in [5, 5.41) is 12.4. The number of carbonyl (C=O) groups excluding carboxylic acids is 2. The number of nitrogens with one attached hydrogen (secondary N) is 1. The third-order valence-electron chi connectivity index (χ3n) is 4.03. The highest BCUT2D eigenvalue weighted by Gasteiger charge is 2.22. The number of ether oxygens (including phenoxy) is 1. The van der Waals surface area contributed by atoms with E-state index in [1.165, 1.54) is 12.3 Å². The summed E-state index contributed by atoms with van der Waals surface area (Å²) in [6, 6.07) is 0.696. The van der Waals surface area contributed by atoms with Crippen LogP contribution in [-0.2, 0) is 4.79 Å². The number of aromatic nitrogens is 1. The molecule has 0 fully saturated rings. The lowest BCUT2D eigenvalue weighted by atomic mass is 10.0. The number of rotatable bonds is 9. The molecule has 0 radical (unpaired) electrons. The summed E-state index contributed by atoms with van der Waals surface area (Å²) in [6.45, 7) is 8.43. The van der Waals surface area contributed by atoms with E-state index >= 15 is 0 Å². The van der Waals surface area contributed by atoms with Crippen LogP contribution in [-0.4, -0.2) is 34.6 Å². The molecule has 0 saturated heterocycles. The van der Waals surface area contributed by atoms with E-state index in [2.05, 4.69) is 24.1 Å². The Hall–Kier alpha value is -2.15. The predicted octanol–water partition coefficient (Wildman–Crippen LogP) is 2.23. The van der Waals surface area contributed by atoms with Gasteiger partial charge in [-0.15, -0.1) is 0 Å². The van der Waals surface area contributed by atoms with Crippen LogP contribution in [0.15, 0.2) is 12.3 Å². The molecule has 0 saturated carbocycles. The van der Waals surface area contributed by atoms with Crippen molar-refractivity contribution in [2.24, 2.45) is 17.6 Å². The maximum Gasteiger partial charge on any atom is 0.280 e. The molecule has 1 aromatic rings. The standard InChI is InChI=1S/C18H29N3O4/c1-5-12(6-2)10-25-14-7-8-20-15(16(14)22)18(24)21-17(23)13(19)9-11(3)4/h7-8,11-13,22H,5-6,9-10,19H2,1-4H3,(H,21,23,24)/t13-/m0/s1. The highest BCUT2D eigenvalue weighted by Crippen LogP contribution is 2.28. The van der Waals surface area contributed by atoms with Gasteiger partial charge in [-0.05, 0) is 18.3 Å². The van der Waals surface area contributed by atoms with Crippen molar-refractivity contribution in [2.75, 3.05) is 6.61 Å². The van der Waals surface area contributed by atoms with Gasteiger partial charge in [0.2, 0.25) is 5.91 Å². The smallest absolute Gasteiger partial charge is 0.280 e. The normalized spacial score (nSPS) is 12.3. The maximum absolute atomic E-state index is 12.2. The molecule has 0 spiro atoms. The quantitative estimate of drug-likeness (QED) is 0.628. The first-order valence-corrected chi connectivity index (χ1v) is 8.71. The number of pyridine rings is 1. The summed E-state index contributed by atoms with van der Waals surface area (Å²) in [4.78, 5) is 28.0. The van der Waals surface area contributed by atoms with Gasteiger partial charge < -0.3 is 15.6 Å². The number of aromatic hydroxyl groups is 1. The third-order valence-corrected chi connectivity index (χ3v) is 4.03. The molecule has 4 N–H and O–H groups in total. The summed E-state index contributed by atoms with van der Waals surface area (Å²) in [7, 11) is 0. The maximum atomic E-state index is 12.2. The molecule has 1 rings (SSSR count). The molecule has 2 amide bonds. The van der Waals surface area contributed by atoms with Crippen molar-refractivity contribution >= 4 is 11.8 Å². The van der Waals surface area contributed by atoms with Crippen LogP contribution in [0.1, 0.15) is 57.4 Å². The molecule has 1 atom stereocenters. The second-order valence-corrected chi connectivity index (χ2v) is 6.55. The lowest BCUT2D eigenvalue weighted by molar-refractivity contribution is -0.121. The van der Waals surface area contributed by atoms with Crippen molar-refractivity contribution in [2.45, 2.75) is 53.0 Å². The van der Waals surface area contributed by atoms with Gasteiger partial charge in [-0.3, -0.25) is 14.9 Å². The molecule has 0 aliphatic heterocycles. The fraction of sp³-hybridized carbons (Fsp3) is 0.611. The summed E-state index contributed by atoms with van der Waals surface area (Å²) in [6.07, 6.45) is 3.72. The summed E-state index contributed by atoms with van der Waals surface area (Å²) in [5.74, 6) is -1.01. The molecule has 7 nitrogen and oxygen atoms in total. The number of nitrogens with two attached hydrogens (primary N) is 1. The van der Waals surface area contributed by atoms with Crippen molar-refractivity contribution in [1.29, 1.82) is 0 Å². The molecule has 1 heterocycles. The Balaban J connectivity index is 2.79. The number of hydrogen-bond donors (Lipinski definition) is 3. The third kappa shape index (κ3) is 6.34. The van der Waals surface area contributed by atoms with Crippen LogP contribution in [0, 0.1) is 11.8 Å². The van der Waals surface area contributed by atoms with Crippen molar-refractivity contribution in [3.63, 3.8) is 0 Å². The topological polar surface area (TPSA) is 115 Å². The second-order valence-electron chi connectivity index (χ2n) is 6.55. The second kappa shape index (κ2) is 9.98. The number of amides is 2. The lowest BCUT2D eigenvalue weighted by Gasteiger charge is -2.16. The van der Waals surface area contributed by atoms with E-state index in [0.717, 1.165) is 12.8 Å². The Kier molecular flexibility index (Phi) is 8.34.